The number of rotatable bonds is 18. The zero-order valence-electron chi connectivity index (χ0n) is 18.9. The molecule has 0 aliphatic rings. The van der Waals surface area contributed by atoms with Gasteiger partial charge in [0.1, 0.15) is 0 Å². The fourth-order valence-corrected chi connectivity index (χ4v) is 3.08. The lowest BCUT2D eigenvalue weighted by molar-refractivity contribution is 0.574. The van der Waals surface area contributed by atoms with Gasteiger partial charge in [0.25, 0.3) is 0 Å². The van der Waals surface area contributed by atoms with Crippen LogP contribution in [0.2, 0.25) is 0 Å². The number of nitrogens with one attached hydrogen (secondary N) is 5. The smallest absolute Gasteiger partial charge is 0.0545 e. The third-order valence-electron chi connectivity index (χ3n) is 4.66. The van der Waals surface area contributed by atoms with E-state index in [0.29, 0.717) is 6.54 Å². The summed E-state index contributed by atoms with van der Waals surface area (Å²) in [5, 5.41) is 17.0. The number of hydrogen-bond acceptors (Lipinski definition) is 8. The van der Waals surface area contributed by atoms with E-state index in [4.69, 9.17) is 5.73 Å². The Labute approximate surface area is 187 Å². The van der Waals surface area contributed by atoms with Gasteiger partial charge in [-0.15, -0.1) is 0 Å². The van der Waals surface area contributed by atoms with Crippen LogP contribution in [0.3, 0.4) is 0 Å². The Balaban J connectivity index is 1.49. The summed E-state index contributed by atoms with van der Waals surface area (Å²) in [7, 11) is 0. The Hall–Kier alpha value is -1.94. The number of pyridine rings is 2. The van der Waals surface area contributed by atoms with E-state index < -0.39 is 0 Å². The van der Waals surface area contributed by atoms with Gasteiger partial charge in [-0.2, -0.15) is 0 Å². The van der Waals surface area contributed by atoms with Crippen LogP contribution < -0.4 is 32.3 Å². The van der Waals surface area contributed by atoms with Gasteiger partial charge in [-0.1, -0.05) is 19.1 Å². The normalized spacial score (nSPS) is 11.2. The summed E-state index contributed by atoms with van der Waals surface area (Å²) in [6.07, 6.45) is 1.14. The monoisotopic (exact) mass is 428 g/mol. The molecule has 0 aliphatic carbocycles. The third kappa shape index (κ3) is 11.9. The van der Waals surface area contributed by atoms with Gasteiger partial charge in [0.15, 0.2) is 0 Å². The Kier molecular flexibility index (Phi) is 13.7. The molecule has 0 amide bonds. The predicted octanol–water partition coefficient (Wildman–Crippen LogP) is 0.494. The van der Waals surface area contributed by atoms with Crippen molar-refractivity contribution < 1.29 is 0 Å². The van der Waals surface area contributed by atoms with Crippen LogP contribution in [-0.4, -0.2) is 55.8 Å². The van der Waals surface area contributed by atoms with Gasteiger partial charge >= 0.3 is 0 Å². The molecule has 0 aliphatic heterocycles. The molecule has 0 bridgehead atoms. The molecule has 0 aromatic carbocycles. The number of hydrogen-bond donors (Lipinski definition) is 6. The van der Waals surface area contributed by atoms with Gasteiger partial charge in [-0.25, -0.2) is 0 Å². The van der Waals surface area contributed by atoms with Crippen molar-refractivity contribution in [1.29, 1.82) is 0 Å². The maximum absolute atomic E-state index is 5.50. The lowest BCUT2D eigenvalue weighted by Gasteiger charge is -2.09. The van der Waals surface area contributed by atoms with Crippen LogP contribution in [0.4, 0.5) is 0 Å². The molecular weight excluding hydrogens is 388 g/mol. The molecule has 0 saturated carbocycles. The average molecular weight is 429 g/mol. The molecule has 2 aromatic heterocycles. The molecule has 0 fully saturated rings. The minimum absolute atomic E-state index is 0.644. The molecule has 2 heterocycles. The summed E-state index contributed by atoms with van der Waals surface area (Å²) in [6, 6.07) is 12.4. The molecule has 0 atom stereocenters. The molecular formula is C23H40N8. The summed E-state index contributed by atoms with van der Waals surface area (Å²) in [4.78, 5) is 9.34. The van der Waals surface area contributed by atoms with Crippen molar-refractivity contribution in [2.45, 2.75) is 39.5 Å². The van der Waals surface area contributed by atoms with Gasteiger partial charge < -0.3 is 32.3 Å². The Bertz CT molecular complexity index is 650. The summed E-state index contributed by atoms with van der Waals surface area (Å²) in [5.41, 5.74) is 9.80. The van der Waals surface area contributed by atoms with Crippen LogP contribution in [0.15, 0.2) is 36.4 Å². The molecule has 0 unspecified atom stereocenters. The molecule has 31 heavy (non-hydrogen) atoms. The summed E-state index contributed by atoms with van der Waals surface area (Å²) in [5.74, 6) is 0. The second-order valence-corrected chi connectivity index (χ2v) is 7.49. The fraction of sp³-hybridized carbons (Fsp3) is 0.565. The highest BCUT2D eigenvalue weighted by atomic mass is 15.0. The van der Waals surface area contributed by atoms with Crippen LogP contribution in [0, 0.1) is 0 Å². The van der Waals surface area contributed by atoms with Crippen LogP contribution in [0.5, 0.6) is 0 Å². The Morgan fingerprint density at radius 2 is 0.968 bits per heavy atom. The standard InChI is InChI=1S/C23H40N8/c1-2-10-26-16-20-5-3-7-22(30-20)18-28-14-12-25-13-15-29-19-23-8-4-6-21(31-23)17-27-11-9-24/h3-8,25-29H,2,9-19,24H2,1H3. The van der Waals surface area contributed by atoms with Crippen molar-refractivity contribution in [1.82, 2.24) is 36.6 Å². The molecule has 0 spiro atoms. The molecule has 8 heteroatoms. The highest BCUT2D eigenvalue weighted by Crippen LogP contribution is 2.00. The van der Waals surface area contributed by atoms with Crippen molar-refractivity contribution in [3.8, 4) is 0 Å². The van der Waals surface area contributed by atoms with Crippen LogP contribution >= 0.6 is 0 Å². The number of nitrogens with two attached hydrogens (primary N) is 1. The van der Waals surface area contributed by atoms with E-state index in [1.807, 2.05) is 6.07 Å². The second kappa shape index (κ2) is 16.7. The SMILES string of the molecule is CCCNCc1cccc(CNCCNCCNCc2cccc(CNCCN)n2)n1. The molecule has 2 aromatic rings. The molecule has 0 saturated heterocycles. The number of aromatic nitrogens is 2. The maximum atomic E-state index is 5.50. The topological polar surface area (TPSA) is 112 Å². The third-order valence-corrected chi connectivity index (χ3v) is 4.66. The van der Waals surface area contributed by atoms with Gasteiger partial charge in [0, 0.05) is 65.4 Å². The molecule has 2 rings (SSSR count). The van der Waals surface area contributed by atoms with Crippen molar-refractivity contribution >= 4 is 0 Å². The Morgan fingerprint density at radius 1 is 0.581 bits per heavy atom. The lowest BCUT2D eigenvalue weighted by atomic mass is 10.3. The highest BCUT2D eigenvalue weighted by Gasteiger charge is 1.99. The maximum Gasteiger partial charge on any atom is 0.0545 e. The average Bonchev–Trinajstić information content (AvgIpc) is 2.79. The lowest BCUT2D eigenvalue weighted by Crippen LogP contribution is -2.32. The molecule has 8 nitrogen and oxygen atoms in total. The van der Waals surface area contributed by atoms with E-state index in [1.54, 1.807) is 0 Å². The zero-order chi connectivity index (χ0) is 22.0. The first-order valence-corrected chi connectivity index (χ1v) is 11.4. The van der Waals surface area contributed by atoms with Gasteiger partial charge in [-0.3, -0.25) is 9.97 Å². The summed E-state index contributed by atoms with van der Waals surface area (Å²) >= 11 is 0. The highest BCUT2D eigenvalue weighted by molar-refractivity contribution is 5.12. The molecule has 7 N–H and O–H groups in total. The second-order valence-electron chi connectivity index (χ2n) is 7.49. The first-order chi connectivity index (χ1) is 15.3. The van der Waals surface area contributed by atoms with Gasteiger partial charge in [0.2, 0.25) is 0 Å². The predicted molar refractivity (Wildman–Crippen MR) is 128 cm³/mol. The molecule has 172 valence electrons. The van der Waals surface area contributed by atoms with E-state index in [2.05, 4.69) is 73.8 Å². The van der Waals surface area contributed by atoms with Crippen molar-refractivity contribution in [2.24, 2.45) is 5.73 Å². The quantitative estimate of drug-likeness (QED) is 0.190. The fourth-order valence-electron chi connectivity index (χ4n) is 3.08. The van der Waals surface area contributed by atoms with E-state index in [9.17, 15) is 0 Å². The van der Waals surface area contributed by atoms with E-state index in [0.717, 1.165) is 94.6 Å². The first-order valence-electron chi connectivity index (χ1n) is 11.4. The minimum atomic E-state index is 0.644. The molecule has 0 radical (unpaired) electrons. The Morgan fingerprint density at radius 3 is 1.39 bits per heavy atom. The summed E-state index contributed by atoms with van der Waals surface area (Å²) in [6.45, 7) is 11.5. The van der Waals surface area contributed by atoms with Crippen molar-refractivity contribution in [2.75, 3.05) is 45.8 Å². The van der Waals surface area contributed by atoms with E-state index in [-0.39, 0.29) is 0 Å². The van der Waals surface area contributed by atoms with Crippen molar-refractivity contribution in [3.63, 3.8) is 0 Å². The van der Waals surface area contributed by atoms with E-state index in [1.165, 1.54) is 0 Å². The largest absolute Gasteiger partial charge is 0.329 e. The summed E-state index contributed by atoms with van der Waals surface area (Å²) < 4.78 is 0. The van der Waals surface area contributed by atoms with E-state index >= 15 is 0 Å². The number of nitrogens with zero attached hydrogens (tertiary/aromatic N) is 2. The van der Waals surface area contributed by atoms with Gasteiger partial charge in [-0.05, 0) is 37.2 Å². The van der Waals surface area contributed by atoms with Crippen molar-refractivity contribution in [3.05, 3.63) is 59.2 Å². The van der Waals surface area contributed by atoms with Crippen LogP contribution in [-0.2, 0) is 26.2 Å². The van der Waals surface area contributed by atoms with Gasteiger partial charge in [0.05, 0.1) is 22.8 Å². The van der Waals surface area contributed by atoms with Crippen LogP contribution in [0.1, 0.15) is 36.1 Å². The minimum Gasteiger partial charge on any atom is -0.329 e. The van der Waals surface area contributed by atoms with Crippen LogP contribution in [0.25, 0.3) is 0 Å². The first kappa shape index (κ1) is 25.3. The zero-order valence-corrected chi connectivity index (χ0v) is 18.9.